The van der Waals surface area contributed by atoms with Crippen LogP contribution in [-0.2, 0) is 35.5 Å². The molecule has 2 N–H and O–H groups in total. The van der Waals surface area contributed by atoms with Crippen LogP contribution in [0, 0.1) is 13.8 Å². The van der Waals surface area contributed by atoms with Gasteiger partial charge in [-0.05, 0) is 48.7 Å². The number of carbonyl (C=O) groups is 1. The number of nitrogens with one attached hydrogen (secondary N) is 1. The molecule has 0 saturated carbocycles. The lowest BCUT2D eigenvalue weighted by atomic mass is 9.87. The van der Waals surface area contributed by atoms with Crippen molar-refractivity contribution in [3.63, 3.8) is 0 Å². The molecule has 0 bridgehead atoms. The molecule has 0 amide bonds. The van der Waals surface area contributed by atoms with Gasteiger partial charge in [0.05, 0.1) is 23.3 Å². The number of aryl methyl sites for hydroxylation is 3. The molecule has 12 heteroatoms. The van der Waals surface area contributed by atoms with Gasteiger partial charge < -0.3 is 5.11 Å². The van der Waals surface area contributed by atoms with Crippen LogP contribution in [0.2, 0.25) is 5.02 Å². The van der Waals surface area contributed by atoms with E-state index in [0.717, 1.165) is 11.1 Å². The third-order valence-corrected chi connectivity index (χ3v) is 8.07. The van der Waals surface area contributed by atoms with Crippen LogP contribution in [0.3, 0.4) is 0 Å². The second-order valence-electron chi connectivity index (χ2n) is 8.41. The predicted molar refractivity (Wildman–Crippen MR) is 131 cm³/mol. The molecule has 0 aliphatic carbocycles. The zero-order valence-electron chi connectivity index (χ0n) is 19.6. The molecule has 2 aromatic carbocycles. The first-order chi connectivity index (χ1) is 16.5. The number of rotatable bonds is 8. The Morgan fingerprint density at radius 1 is 1.11 bits per heavy atom. The highest BCUT2D eigenvalue weighted by molar-refractivity contribution is 7.89. The Hall–Kier alpha value is -3.28. The largest absolute Gasteiger partial charge is 0.481 e. The first-order valence-electron chi connectivity index (χ1n) is 10.8. The van der Waals surface area contributed by atoms with Crippen LogP contribution >= 0.6 is 11.6 Å². The molecule has 0 aliphatic heterocycles. The molecule has 0 spiro atoms. The van der Waals surface area contributed by atoms with Gasteiger partial charge in [0.15, 0.2) is 0 Å². The summed E-state index contributed by atoms with van der Waals surface area (Å²) >= 11 is 6.39. The van der Waals surface area contributed by atoms with Gasteiger partial charge >= 0.3 is 5.97 Å². The van der Waals surface area contributed by atoms with Crippen LogP contribution in [0.1, 0.15) is 40.4 Å². The molecule has 0 aliphatic rings. The Balaban J connectivity index is 1.67. The van der Waals surface area contributed by atoms with E-state index in [4.69, 9.17) is 11.6 Å². The van der Waals surface area contributed by atoms with Gasteiger partial charge in [0, 0.05) is 31.6 Å². The predicted octanol–water partition coefficient (Wildman–Crippen LogP) is 3.06. The number of sulfonamides is 1. The topological polar surface area (TPSA) is 132 Å². The van der Waals surface area contributed by atoms with Crippen molar-refractivity contribution >= 4 is 38.6 Å². The minimum Gasteiger partial charge on any atom is -0.481 e. The lowest BCUT2D eigenvalue weighted by Crippen LogP contribution is -2.24. The molecule has 1 atom stereocenters. The quantitative estimate of drug-likeness (QED) is 0.368. The van der Waals surface area contributed by atoms with Gasteiger partial charge in [-0.15, -0.1) is 5.10 Å². The van der Waals surface area contributed by atoms with Crippen LogP contribution in [0.15, 0.2) is 41.3 Å². The van der Waals surface area contributed by atoms with Gasteiger partial charge in [-0.1, -0.05) is 35.0 Å². The number of fused-ring (bicyclic) bond motifs is 1. The summed E-state index contributed by atoms with van der Waals surface area (Å²) in [7, 11) is -0.380. The van der Waals surface area contributed by atoms with E-state index in [0.29, 0.717) is 33.1 Å². The summed E-state index contributed by atoms with van der Waals surface area (Å²) in [5.74, 6) is -1.46. The molecule has 0 fully saturated rings. The van der Waals surface area contributed by atoms with E-state index in [-0.39, 0.29) is 17.9 Å². The molecule has 10 nitrogen and oxygen atoms in total. The normalized spacial score (nSPS) is 12.8. The second kappa shape index (κ2) is 9.40. The fourth-order valence-corrected chi connectivity index (χ4v) is 5.84. The molecular formula is C23H25ClN6O4S. The minimum atomic E-state index is -3.85. The first-order valence-corrected chi connectivity index (χ1v) is 12.6. The lowest BCUT2D eigenvalue weighted by molar-refractivity contribution is -0.137. The highest BCUT2D eigenvalue weighted by atomic mass is 35.5. The number of benzene rings is 2. The van der Waals surface area contributed by atoms with Gasteiger partial charge in [0.1, 0.15) is 10.4 Å². The zero-order valence-corrected chi connectivity index (χ0v) is 21.2. The van der Waals surface area contributed by atoms with Crippen LogP contribution < -0.4 is 4.72 Å². The van der Waals surface area contributed by atoms with Crippen molar-refractivity contribution in [2.75, 3.05) is 0 Å². The first kappa shape index (κ1) is 24.8. The summed E-state index contributed by atoms with van der Waals surface area (Å²) in [5, 5.41) is 22.3. The molecular weight excluding hydrogens is 492 g/mol. The third-order valence-electron chi connectivity index (χ3n) is 6.05. The number of carboxylic acid groups (broad SMARTS) is 1. The summed E-state index contributed by atoms with van der Waals surface area (Å²) in [5.41, 5.74) is 4.40. The molecule has 35 heavy (non-hydrogen) atoms. The summed E-state index contributed by atoms with van der Waals surface area (Å²) in [4.78, 5) is 11.8. The van der Waals surface area contributed by atoms with E-state index in [1.807, 2.05) is 18.2 Å². The molecule has 4 rings (SSSR count). The smallest absolute Gasteiger partial charge is 0.304 e. The van der Waals surface area contributed by atoms with Gasteiger partial charge in [-0.25, -0.2) is 17.8 Å². The van der Waals surface area contributed by atoms with Crippen molar-refractivity contribution in [2.45, 2.75) is 37.6 Å². The summed E-state index contributed by atoms with van der Waals surface area (Å²) < 4.78 is 31.7. The fraction of sp³-hybridized carbons (Fsp3) is 0.304. The van der Waals surface area contributed by atoms with E-state index >= 15 is 0 Å². The summed E-state index contributed by atoms with van der Waals surface area (Å²) in [6.45, 7) is 3.26. The van der Waals surface area contributed by atoms with Crippen molar-refractivity contribution in [1.29, 1.82) is 0 Å². The maximum absolute atomic E-state index is 13.0. The summed E-state index contributed by atoms with van der Waals surface area (Å²) in [6.07, 6.45) is -0.160. The Bertz CT molecular complexity index is 1540. The van der Waals surface area contributed by atoms with Crippen LogP contribution in [0.4, 0.5) is 0 Å². The Kier molecular flexibility index (Phi) is 6.67. The van der Waals surface area contributed by atoms with Gasteiger partial charge in [-0.2, -0.15) is 5.10 Å². The molecule has 2 heterocycles. The lowest BCUT2D eigenvalue weighted by Gasteiger charge is -2.18. The highest BCUT2D eigenvalue weighted by Crippen LogP contribution is 2.32. The van der Waals surface area contributed by atoms with Gasteiger partial charge in [-0.3, -0.25) is 9.48 Å². The van der Waals surface area contributed by atoms with Crippen LogP contribution in [0.25, 0.3) is 11.0 Å². The van der Waals surface area contributed by atoms with E-state index in [2.05, 4.69) is 20.1 Å². The molecule has 2 aromatic heterocycles. The molecule has 0 radical (unpaired) electrons. The number of nitrogens with zero attached hydrogens (tertiary/aromatic N) is 5. The van der Waals surface area contributed by atoms with E-state index in [1.54, 1.807) is 50.8 Å². The van der Waals surface area contributed by atoms with Crippen LogP contribution in [0.5, 0.6) is 0 Å². The van der Waals surface area contributed by atoms with Crippen molar-refractivity contribution in [2.24, 2.45) is 14.1 Å². The monoisotopic (exact) mass is 516 g/mol. The Morgan fingerprint density at radius 2 is 1.80 bits per heavy atom. The molecule has 4 aromatic rings. The maximum atomic E-state index is 13.0. The van der Waals surface area contributed by atoms with Crippen molar-refractivity contribution < 1.29 is 18.3 Å². The van der Waals surface area contributed by atoms with Gasteiger partial charge in [0.25, 0.3) is 0 Å². The van der Waals surface area contributed by atoms with Crippen LogP contribution in [-0.4, -0.2) is 44.3 Å². The average molecular weight is 517 g/mol. The number of carboxylic acids is 1. The fourth-order valence-electron chi connectivity index (χ4n) is 4.21. The van der Waals surface area contributed by atoms with Crippen molar-refractivity contribution in [1.82, 2.24) is 29.5 Å². The number of hydrogen-bond donors (Lipinski definition) is 2. The van der Waals surface area contributed by atoms with Crippen molar-refractivity contribution in [3.05, 3.63) is 69.5 Å². The number of aliphatic carboxylic acids is 1. The van der Waals surface area contributed by atoms with Gasteiger partial charge in [0.2, 0.25) is 10.0 Å². The standard InChI is InChI=1S/C23H25ClN6O4S/c1-13-23(14(2)29(3)27-13)35(33,34)25-12-17-9-15(5-7-19(17)24)18(11-22(31)32)16-6-8-21-20(10-16)26-28-30(21)4/h5-10,18,25H,11-12H2,1-4H3,(H,31,32). The number of hydrogen-bond acceptors (Lipinski definition) is 6. The van der Waals surface area contributed by atoms with E-state index in [1.165, 1.54) is 4.68 Å². The van der Waals surface area contributed by atoms with E-state index in [9.17, 15) is 18.3 Å². The van der Waals surface area contributed by atoms with E-state index < -0.39 is 21.9 Å². The molecule has 184 valence electrons. The SMILES string of the molecule is Cc1nn(C)c(C)c1S(=O)(=O)NCc1cc(C(CC(=O)O)c2ccc3c(c2)nnn3C)ccc1Cl. The summed E-state index contributed by atoms with van der Waals surface area (Å²) in [6, 6.07) is 10.7. The molecule has 1 unspecified atom stereocenters. The van der Waals surface area contributed by atoms with Crippen molar-refractivity contribution in [3.8, 4) is 0 Å². The second-order valence-corrected chi connectivity index (χ2v) is 10.5. The highest BCUT2D eigenvalue weighted by Gasteiger charge is 2.25. The number of aromatic nitrogens is 5. The number of halogens is 1. The Morgan fingerprint density at radius 3 is 2.46 bits per heavy atom. The minimum absolute atomic E-state index is 0.0637. The third kappa shape index (κ3) is 4.93. The average Bonchev–Trinajstić information content (AvgIpc) is 3.29. The maximum Gasteiger partial charge on any atom is 0.304 e. The zero-order chi connectivity index (χ0) is 25.5. The Labute approximate surface area is 207 Å². The molecule has 0 saturated heterocycles.